The van der Waals surface area contributed by atoms with E-state index in [-0.39, 0.29) is 10.8 Å². The van der Waals surface area contributed by atoms with Gasteiger partial charge in [0.1, 0.15) is 0 Å². The van der Waals surface area contributed by atoms with Crippen LogP contribution in [0.5, 0.6) is 0 Å². The van der Waals surface area contributed by atoms with Crippen molar-refractivity contribution in [2.75, 3.05) is 17.8 Å². The second-order valence-electron chi connectivity index (χ2n) is 6.90. The monoisotopic (exact) mass is 372 g/mol. The number of nitrogens with zero attached hydrogens (tertiary/aromatic N) is 1. The van der Waals surface area contributed by atoms with Crippen molar-refractivity contribution >= 4 is 21.6 Å². The van der Waals surface area contributed by atoms with E-state index >= 15 is 0 Å². The second kappa shape index (κ2) is 7.50. The molecule has 2 aromatic rings. The molecule has 6 heteroatoms. The molecule has 0 aromatic heterocycles. The number of anilines is 1. The first-order valence-corrected chi connectivity index (χ1v) is 10.3. The molecule has 1 saturated heterocycles. The lowest BCUT2D eigenvalue weighted by atomic mass is 9.98. The fourth-order valence-corrected chi connectivity index (χ4v) is 4.47. The Hall–Kier alpha value is -2.34. The van der Waals surface area contributed by atoms with E-state index in [1.54, 1.807) is 55.5 Å². The molecule has 0 radical (unpaired) electrons. The van der Waals surface area contributed by atoms with Gasteiger partial charge in [-0.1, -0.05) is 31.2 Å². The molecule has 0 saturated carbocycles. The number of hydrogen-bond acceptors (Lipinski definition) is 3. The van der Waals surface area contributed by atoms with Gasteiger partial charge in [0.25, 0.3) is 15.9 Å². The molecule has 0 aliphatic carbocycles. The average molecular weight is 372 g/mol. The Labute approximate surface area is 155 Å². The Morgan fingerprint density at radius 1 is 1.12 bits per heavy atom. The molecule has 1 fully saturated rings. The van der Waals surface area contributed by atoms with Gasteiger partial charge in [0.05, 0.1) is 10.6 Å². The zero-order valence-electron chi connectivity index (χ0n) is 15.1. The van der Waals surface area contributed by atoms with Gasteiger partial charge in [-0.05, 0) is 55.5 Å². The third-order valence-electron chi connectivity index (χ3n) is 4.81. The molecular weight excluding hydrogens is 348 g/mol. The largest absolute Gasteiger partial charge is 0.338 e. The van der Waals surface area contributed by atoms with Gasteiger partial charge in [0.2, 0.25) is 0 Å². The van der Waals surface area contributed by atoms with Crippen molar-refractivity contribution in [2.45, 2.75) is 31.6 Å². The molecule has 1 amide bonds. The Kier molecular flexibility index (Phi) is 5.32. The van der Waals surface area contributed by atoms with Crippen LogP contribution in [0, 0.1) is 12.8 Å². The van der Waals surface area contributed by atoms with Crippen LogP contribution in [0.4, 0.5) is 5.69 Å². The number of carbonyl (C=O) groups excluding carboxylic acids is 1. The molecule has 0 bridgehead atoms. The number of amides is 1. The van der Waals surface area contributed by atoms with Crippen molar-refractivity contribution in [1.82, 2.24) is 4.90 Å². The predicted octanol–water partition coefficient (Wildman–Crippen LogP) is 3.67. The molecule has 1 heterocycles. The maximum Gasteiger partial charge on any atom is 0.261 e. The number of rotatable bonds is 4. The number of piperidine rings is 1. The first-order valence-electron chi connectivity index (χ1n) is 8.85. The Morgan fingerprint density at radius 2 is 1.85 bits per heavy atom. The standard InChI is InChI=1S/C20H24N2O3S/c1-15-8-7-13-22(14-15)20(23)18-11-6-12-19(16(18)2)21-26(24,25)17-9-4-3-5-10-17/h3-6,9-12,15,21H,7-8,13-14H2,1-2H3/t15-/m0/s1. The fourth-order valence-electron chi connectivity index (χ4n) is 3.33. The lowest BCUT2D eigenvalue weighted by molar-refractivity contribution is 0.0682. The van der Waals surface area contributed by atoms with E-state index in [1.165, 1.54) is 0 Å². The Morgan fingerprint density at radius 3 is 2.54 bits per heavy atom. The number of likely N-dealkylation sites (tertiary alicyclic amines) is 1. The van der Waals surface area contributed by atoms with Crippen molar-refractivity contribution in [3.8, 4) is 0 Å². The zero-order chi connectivity index (χ0) is 18.7. The van der Waals surface area contributed by atoms with E-state index in [0.29, 0.717) is 22.7 Å². The molecule has 1 N–H and O–H groups in total. The van der Waals surface area contributed by atoms with E-state index in [2.05, 4.69) is 11.6 Å². The van der Waals surface area contributed by atoms with Crippen LogP contribution in [0.3, 0.4) is 0 Å². The van der Waals surface area contributed by atoms with Crippen LogP contribution in [-0.2, 0) is 10.0 Å². The second-order valence-corrected chi connectivity index (χ2v) is 8.58. The molecule has 1 aliphatic rings. The topological polar surface area (TPSA) is 66.5 Å². The highest BCUT2D eigenvalue weighted by molar-refractivity contribution is 7.92. The summed E-state index contributed by atoms with van der Waals surface area (Å²) in [4.78, 5) is 15.0. The van der Waals surface area contributed by atoms with E-state index in [4.69, 9.17) is 0 Å². The summed E-state index contributed by atoms with van der Waals surface area (Å²) in [6.45, 7) is 5.43. The van der Waals surface area contributed by atoms with Gasteiger partial charge in [-0.2, -0.15) is 0 Å². The molecule has 138 valence electrons. The van der Waals surface area contributed by atoms with E-state index < -0.39 is 10.0 Å². The van der Waals surface area contributed by atoms with Crippen LogP contribution in [0.1, 0.15) is 35.7 Å². The SMILES string of the molecule is Cc1c(NS(=O)(=O)c2ccccc2)cccc1C(=O)N1CCC[C@H](C)C1. The summed E-state index contributed by atoms with van der Waals surface area (Å²) >= 11 is 0. The van der Waals surface area contributed by atoms with Crippen LogP contribution in [0.15, 0.2) is 53.4 Å². The summed E-state index contributed by atoms with van der Waals surface area (Å²) in [5.41, 5.74) is 1.63. The highest BCUT2D eigenvalue weighted by atomic mass is 32.2. The maximum atomic E-state index is 12.9. The van der Waals surface area contributed by atoms with Crippen molar-refractivity contribution in [3.05, 3.63) is 59.7 Å². The summed E-state index contributed by atoms with van der Waals surface area (Å²) in [5, 5.41) is 0. The van der Waals surface area contributed by atoms with Crippen molar-refractivity contribution < 1.29 is 13.2 Å². The van der Waals surface area contributed by atoms with Crippen molar-refractivity contribution in [2.24, 2.45) is 5.92 Å². The quantitative estimate of drug-likeness (QED) is 0.890. The van der Waals surface area contributed by atoms with Crippen LogP contribution in [0.25, 0.3) is 0 Å². The normalized spacial score (nSPS) is 17.8. The molecule has 1 aliphatic heterocycles. The van der Waals surface area contributed by atoms with Crippen LogP contribution in [0.2, 0.25) is 0 Å². The first-order chi connectivity index (χ1) is 12.4. The molecule has 5 nitrogen and oxygen atoms in total. The molecule has 0 spiro atoms. The summed E-state index contributed by atoms with van der Waals surface area (Å²) in [7, 11) is -3.69. The molecule has 2 aromatic carbocycles. The Balaban J connectivity index is 1.87. The average Bonchev–Trinajstić information content (AvgIpc) is 2.63. The molecule has 26 heavy (non-hydrogen) atoms. The summed E-state index contributed by atoms with van der Waals surface area (Å²) < 4.78 is 27.8. The highest BCUT2D eigenvalue weighted by Gasteiger charge is 2.24. The van der Waals surface area contributed by atoms with Gasteiger partial charge < -0.3 is 4.90 Å². The van der Waals surface area contributed by atoms with Gasteiger partial charge in [-0.15, -0.1) is 0 Å². The molecule has 1 atom stereocenters. The third-order valence-corrected chi connectivity index (χ3v) is 6.19. The number of carbonyl (C=O) groups is 1. The van der Waals surface area contributed by atoms with Crippen LogP contribution < -0.4 is 4.72 Å². The van der Waals surface area contributed by atoms with Gasteiger partial charge >= 0.3 is 0 Å². The zero-order valence-corrected chi connectivity index (χ0v) is 15.9. The van der Waals surface area contributed by atoms with E-state index in [0.717, 1.165) is 25.9 Å². The van der Waals surface area contributed by atoms with E-state index in [9.17, 15) is 13.2 Å². The number of sulfonamides is 1. The minimum absolute atomic E-state index is 0.0326. The molecule has 3 rings (SSSR count). The summed E-state index contributed by atoms with van der Waals surface area (Å²) in [6.07, 6.45) is 2.14. The Bertz CT molecular complexity index is 895. The smallest absolute Gasteiger partial charge is 0.261 e. The first kappa shape index (κ1) is 18.5. The summed E-state index contributed by atoms with van der Waals surface area (Å²) in [5.74, 6) is 0.461. The van der Waals surface area contributed by atoms with Gasteiger partial charge in [-0.3, -0.25) is 9.52 Å². The summed E-state index contributed by atoms with van der Waals surface area (Å²) in [6, 6.07) is 13.4. The third kappa shape index (κ3) is 3.90. The van der Waals surface area contributed by atoms with Gasteiger partial charge in [0.15, 0.2) is 0 Å². The highest BCUT2D eigenvalue weighted by Crippen LogP contribution is 2.25. The van der Waals surface area contributed by atoms with Crippen LogP contribution >= 0.6 is 0 Å². The van der Waals surface area contributed by atoms with Crippen molar-refractivity contribution in [1.29, 1.82) is 0 Å². The van der Waals surface area contributed by atoms with E-state index in [1.807, 2.05) is 4.90 Å². The van der Waals surface area contributed by atoms with Gasteiger partial charge in [0, 0.05) is 18.7 Å². The minimum atomic E-state index is -3.69. The predicted molar refractivity (Wildman–Crippen MR) is 103 cm³/mol. The number of benzene rings is 2. The minimum Gasteiger partial charge on any atom is -0.338 e. The molecular formula is C20H24N2O3S. The number of nitrogens with one attached hydrogen (secondary N) is 1. The lowest BCUT2D eigenvalue weighted by Crippen LogP contribution is -2.39. The maximum absolute atomic E-state index is 12.9. The fraction of sp³-hybridized carbons (Fsp3) is 0.350. The van der Waals surface area contributed by atoms with Crippen molar-refractivity contribution in [3.63, 3.8) is 0 Å². The van der Waals surface area contributed by atoms with Gasteiger partial charge in [-0.25, -0.2) is 8.42 Å². The lowest BCUT2D eigenvalue weighted by Gasteiger charge is -2.31. The number of hydrogen-bond donors (Lipinski definition) is 1. The molecule has 0 unspecified atom stereocenters. The van der Waals surface area contributed by atoms with Crippen LogP contribution in [-0.4, -0.2) is 32.3 Å².